The summed E-state index contributed by atoms with van der Waals surface area (Å²) in [5.74, 6) is -0.111. The van der Waals surface area contributed by atoms with Gasteiger partial charge in [0.05, 0.1) is 15.0 Å². The van der Waals surface area contributed by atoms with Gasteiger partial charge in [-0.25, -0.2) is 0 Å². The maximum Gasteiger partial charge on any atom is 0.252 e. The topological polar surface area (TPSA) is 49.3 Å². The number of carbonyl (C=O) groups is 1. The van der Waals surface area contributed by atoms with E-state index in [2.05, 4.69) is 35.1 Å². The molecule has 2 N–H and O–H groups in total. The number of amides is 1. The summed E-state index contributed by atoms with van der Waals surface area (Å²) in [6.45, 7) is 4.80. The van der Waals surface area contributed by atoms with E-state index in [1.165, 1.54) is 11.3 Å². The molecule has 1 aliphatic rings. The summed E-state index contributed by atoms with van der Waals surface area (Å²) in [7, 11) is 0. The standard InChI is InChI=1S/C14H20BrNO2S/c1-13(2)3-5-14(18,6-4-13)9-16-12(17)10-7-11(15)19-8-10/h7-8,18H,3-6,9H2,1-2H3,(H,16,17). The van der Waals surface area contributed by atoms with Crippen LogP contribution in [0.1, 0.15) is 49.9 Å². The van der Waals surface area contributed by atoms with Gasteiger partial charge in [0.2, 0.25) is 0 Å². The Balaban J connectivity index is 1.87. The molecule has 106 valence electrons. The number of halogens is 1. The van der Waals surface area contributed by atoms with Crippen molar-refractivity contribution in [3.8, 4) is 0 Å². The Kier molecular flexibility index (Phi) is 4.38. The van der Waals surface area contributed by atoms with E-state index in [-0.39, 0.29) is 5.91 Å². The van der Waals surface area contributed by atoms with E-state index >= 15 is 0 Å². The molecular weight excluding hydrogens is 326 g/mol. The minimum absolute atomic E-state index is 0.111. The van der Waals surface area contributed by atoms with Crippen LogP contribution in [0.15, 0.2) is 15.2 Å². The van der Waals surface area contributed by atoms with E-state index in [1.807, 2.05) is 5.38 Å². The Labute approximate surface area is 126 Å². The molecule has 1 aromatic rings. The van der Waals surface area contributed by atoms with Crippen LogP contribution in [0.4, 0.5) is 0 Å². The third-order valence-corrected chi connectivity index (χ3v) is 5.45. The molecule has 0 spiro atoms. The fourth-order valence-corrected chi connectivity index (χ4v) is 3.48. The highest BCUT2D eigenvalue weighted by Crippen LogP contribution is 2.39. The molecule has 1 saturated carbocycles. The van der Waals surface area contributed by atoms with Crippen LogP contribution in [0.5, 0.6) is 0 Å². The first-order chi connectivity index (χ1) is 8.80. The van der Waals surface area contributed by atoms with E-state index in [1.54, 1.807) is 6.07 Å². The van der Waals surface area contributed by atoms with Gasteiger partial charge in [-0.15, -0.1) is 11.3 Å². The maximum atomic E-state index is 11.9. The molecule has 0 unspecified atom stereocenters. The lowest BCUT2D eigenvalue weighted by atomic mass is 9.71. The number of carbonyl (C=O) groups excluding carboxylic acids is 1. The molecule has 0 saturated heterocycles. The van der Waals surface area contributed by atoms with E-state index in [4.69, 9.17) is 0 Å². The Hall–Kier alpha value is -0.390. The summed E-state index contributed by atoms with van der Waals surface area (Å²) in [6.07, 6.45) is 3.52. The predicted octanol–water partition coefficient (Wildman–Crippen LogP) is 3.57. The maximum absolute atomic E-state index is 11.9. The summed E-state index contributed by atoms with van der Waals surface area (Å²) in [6, 6.07) is 1.80. The molecule has 0 bridgehead atoms. The smallest absolute Gasteiger partial charge is 0.252 e. The number of rotatable bonds is 3. The quantitative estimate of drug-likeness (QED) is 0.879. The second-order valence-corrected chi connectivity index (χ2v) is 8.50. The second-order valence-electron chi connectivity index (χ2n) is 6.21. The molecule has 2 rings (SSSR count). The highest BCUT2D eigenvalue weighted by molar-refractivity contribution is 9.11. The number of aliphatic hydroxyl groups is 1. The Morgan fingerprint density at radius 3 is 2.58 bits per heavy atom. The first-order valence-electron chi connectivity index (χ1n) is 6.54. The van der Waals surface area contributed by atoms with Gasteiger partial charge >= 0.3 is 0 Å². The molecule has 5 heteroatoms. The predicted molar refractivity (Wildman–Crippen MR) is 81.6 cm³/mol. The van der Waals surface area contributed by atoms with Gasteiger partial charge in [-0.1, -0.05) is 13.8 Å². The number of thiophene rings is 1. The lowest BCUT2D eigenvalue weighted by Crippen LogP contribution is -2.46. The fraction of sp³-hybridized carbons (Fsp3) is 0.643. The molecule has 1 heterocycles. The number of hydrogen-bond acceptors (Lipinski definition) is 3. The van der Waals surface area contributed by atoms with Crippen LogP contribution in [-0.2, 0) is 0 Å². The highest BCUT2D eigenvalue weighted by Gasteiger charge is 2.36. The number of nitrogens with one attached hydrogen (secondary N) is 1. The monoisotopic (exact) mass is 345 g/mol. The molecule has 0 aromatic carbocycles. The van der Waals surface area contributed by atoms with Crippen molar-refractivity contribution >= 4 is 33.2 Å². The third kappa shape index (κ3) is 4.04. The summed E-state index contributed by atoms with van der Waals surface area (Å²) in [5, 5.41) is 15.1. The van der Waals surface area contributed by atoms with Gasteiger partial charge in [-0.05, 0) is 53.1 Å². The van der Waals surface area contributed by atoms with E-state index in [0.717, 1.165) is 29.5 Å². The molecular formula is C14H20BrNO2S. The van der Waals surface area contributed by atoms with Crippen LogP contribution >= 0.6 is 27.3 Å². The van der Waals surface area contributed by atoms with Crippen molar-refractivity contribution in [3.05, 3.63) is 20.8 Å². The zero-order valence-corrected chi connectivity index (χ0v) is 13.7. The average Bonchev–Trinajstić information content (AvgIpc) is 2.78. The van der Waals surface area contributed by atoms with Gasteiger partial charge in [0, 0.05) is 11.9 Å². The van der Waals surface area contributed by atoms with Gasteiger partial charge < -0.3 is 10.4 Å². The lowest BCUT2D eigenvalue weighted by molar-refractivity contribution is -0.0233. The first kappa shape index (κ1) is 15.0. The van der Waals surface area contributed by atoms with Crippen molar-refractivity contribution in [2.45, 2.75) is 45.1 Å². The molecule has 0 aliphatic heterocycles. The van der Waals surface area contributed by atoms with Gasteiger partial charge in [0.1, 0.15) is 0 Å². The second kappa shape index (κ2) is 5.54. The minimum atomic E-state index is -0.738. The van der Waals surface area contributed by atoms with Crippen LogP contribution in [0, 0.1) is 5.41 Å². The minimum Gasteiger partial charge on any atom is -0.388 e. The SMILES string of the molecule is CC1(C)CCC(O)(CNC(=O)c2csc(Br)c2)CC1. The van der Waals surface area contributed by atoms with E-state index in [9.17, 15) is 9.90 Å². The molecule has 3 nitrogen and oxygen atoms in total. The van der Waals surface area contributed by atoms with Crippen LogP contribution in [0.3, 0.4) is 0 Å². The molecule has 0 atom stereocenters. The van der Waals surface area contributed by atoms with Crippen LogP contribution in [0.2, 0.25) is 0 Å². The van der Waals surface area contributed by atoms with E-state index < -0.39 is 5.60 Å². The molecule has 1 fully saturated rings. The van der Waals surface area contributed by atoms with Crippen LogP contribution < -0.4 is 5.32 Å². The Bertz CT molecular complexity index is 460. The van der Waals surface area contributed by atoms with Crippen molar-refractivity contribution in [1.82, 2.24) is 5.32 Å². The third-order valence-electron chi connectivity index (χ3n) is 3.94. The molecule has 1 aliphatic carbocycles. The van der Waals surface area contributed by atoms with Crippen molar-refractivity contribution in [3.63, 3.8) is 0 Å². The van der Waals surface area contributed by atoms with Crippen LogP contribution in [-0.4, -0.2) is 23.2 Å². The van der Waals surface area contributed by atoms with E-state index in [0.29, 0.717) is 17.5 Å². The van der Waals surface area contributed by atoms with Crippen molar-refractivity contribution in [2.24, 2.45) is 5.41 Å². The zero-order chi connectivity index (χ0) is 14.1. The first-order valence-corrected chi connectivity index (χ1v) is 8.22. The molecule has 19 heavy (non-hydrogen) atoms. The van der Waals surface area contributed by atoms with Crippen molar-refractivity contribution < 1.29 is 9.90 Å². The zero-order valence-electron chi connectivity index (χ0n) is 11.3. The highest BCUT2D eigenvalue weighted by atomic mass is 79.9. The summed E-state index contributed by atoms with van der Waals surface area (Å²) in [5.41, 5.74) is 0.226. The van der Waals surface area contributed by atoms with Gasteiger partial charge in [-0.3, -0.25) is 4.79 Å². The normalized spacial score (nSPS) is 21.1. The molecule has 1 amide bonds. The van der Waals surface area contributed by atoms with Gasteiger partial charge in [0.15, 0.2) is 0 Å². The molecule has 0 radical (unpaired) electrons. The Morgan fingerprint density at radius 2 is 2.05 bits per heavy atom. The van der Waals surface area contributed by atoms with Crippen molar-refractivity contribution in [1.29, 1.82) is 0 Å². The largest absolute Gasteiger partial charge is 0.388 e. The summed E-state index contributed by atoms with van der Waals surface area (Å²) in [4.78, 5) is 11.9. The van der Waals surface area contributed by atoms with Gasteiger partial charge in [-0.2, -0.15) is 0 Å². The Morgan fingerprint density at radius 1 is 1.42 bits per heavy atom. The summed E-state index contributed by atoms with van der Waals surface area (Å²) >= 11 is 4.83. The van der Waals surface area contributed by atoms with Crippen molar-refractivity contribution in [2.75, 3.05) is 6.54 Å². The number of hydrogen-bond donors (Lipinski definition) is 2. The van der Waals surface area contributed by atoms with Gasteiger partial charge in [0.25, 0.3) is 5.91 Å². The fourth-order valence-electron chi connectivity index (χ4n) is 2.34. The van der Waals surface area contributed by atoms with Crippen LogP contribution in [0.25, 0.3) is 0 Å². The molecule has 1 aromatic heterocycles. The lowest BCUT2D eigenvalue weighted by Gasteiger charge is -2.40. The summed E-state index contributed by atoms with van der Waals surface area (Å²) < 4.78 is 0.941. The average molecular weight is 346 g/mol.